The van der Waals surface area contributed by atoms with E-state index in [4.69, 9.17) is 19.9 Å². The second kappa shape index (κ2) is 7.61. The van der Waals surface area contributed by atoms with Crippen LogP contribution in [-0.4, -0.2) is 37.8 Å². The zero-order valence-electron chi connectivity index (χ0n) is 15.0. The number of esters is 1. The van der Waals surface area contributed by atoms with E-state index in [2.05, 4.69) is 5.10 Å². The number of anilines is 1. The van der Waals surface area contributed by atoms with E-state index in [1.807, 2.05) is 0 Å². The Bertz CT molecular complexity index is 1110. The number of nitrogens with two attached hydrogens (primary N) is 1. The normalized spacial score (nSPS) is 11.1. The van der Waals surface area contributed by atoms with Gasteiger partial charge in [0.15, 0.2) is 0 Å². The maximum absolute atomic E-state index is 12.7. The predicted molar refractivity (Wildman–Crippen MR) is 100 cm³/mol. The van der Waals surface area contributed by atoms with Gasteiger partial charge in [0.2, 0.25) is 5.88 Å². The monoisotopic (exact) mass is 403 g/mol. The third kappa shape index (κ3) is 3.76. The molecule has 10 heteroatoms. The van der Waals surface area contributed by atoms with Crippen molar-refractivity contribution in [2.24, 2.45) is 0 Å². The SMILES string of the molecule is COc1ccc(S(=O)(=O)n2nc(OC(=O)c3cccc(OC)c3)cc2N)cc1. The molecule has 0 radical (unpaired) electrons. The minimum absolute atomic E-state index is 0.0474. The first-order chi connectivity index (χ1) is 13.3. The Hall–Kier alpha value is -3.53. The van der Waals surface area contributed by atoms with Gasteiger partial charge in [-0.05, 0) is 42.5 Å². The highest BCUT2D eigenvalue weighted by atomic mass is 32.2. The van der Waals surface area contributed by atoms with Gasteiger partial charge in [0.1, 0.15) is 17.3 Å². The molecule has 1 heterocycles. The number of carbonyl (C=O) groups is 1. The lowest BCUT2D eigenvalue weighted by molar-refractivity contribution is 0.0726. The van der Waals surface area contributed by atoms with Crippen molar-refractivity contribution in [2.45, 2.75) is 4.90 Å². The van der Waals surface area contributed by atoms with E-state index in [-0.39, 0.29) is 22.2 Å². The Kier molecular flexibility index (Phi) is 5.23. The Labute approximate surface area is 161 Å². The summed E-state index contributed by atoms with van der Waals surface area (Å²) in [5.74, 6) is -0.209. The van der Waals surface area contributed by atoms with E-state index in [0.717, 1.165) is 6.07 Å². The van der Waals surface area contributed by atoms with Crippen LogP contribution in [0.5, 0.6) is 17.4 Å². The van der Waals surface area contributed by atoms with Crippen LogP contribution in [0.25, 0.3) is 0 Å². The molecule has 0 saturated heterocycles. The average Bonchev–Trinajstić information content (AvgIpc) is 3.08. The van der Waals surface area contributed by atoms with Crippen LogP contribution < -0.4 is 19.9 Å². The second-order valence-corrected chi connectivity index (χ2v) is 7.32. The smallest absolute Gasteiger partial charge is 0.345 e. The van der Waals surface area contributed by atoms with Crippen LogP contribution in [-0.2, 0) is 10.0 Å². The molecule has 3 rings (SSSR count). The number of nitrogens with zero attached hydrogens (tertiary/aromatic N) is 2. The summed E-state index contributed by atoms with van der Waals surface area (Å²) in [6.45, 7) is 0. The first-order valence-electron chi connectivity index (χ1n) is 7.96. The summed E-state index contributed by atoms with van der Waals surface area (Å²) in [7, 11) is -1.13. The lowest BCUT2D eigenvalue weighted by Gasteiger charge is -2.07. The molecule has 3 aromatic rings. The topological polar surface area (TPSA) is 123 Å². The lowest BCUT2D eigenvalue weighted by atomic mass is 10.2. The molecule has 0 aliphatic rings. The van der Waals surface area contributed by atoms with Gasteiger partial charge in [0.05, 0.1) is 24.7 Å². The van der Waals surface area contributed by atoms with Crippen molar-refractivity contribution in [2.75, 3.05) is 20.0 Å². The van der Waals surface area contributed by atoms with Crippen molar-refractivity contribution in [1.29, 1.82) is 0 Å². The minimum Gasteiger partial charge on any atom is -0.497 e. The van der Waals surface area contributed by atoms with Gasteiger partial charge in [0, 0.05) is 6.07 Å². The molecule has 146 valence electrons. The lowest BCUT2D eigenvalue weighted by Crippen LogP contribution is -2.17. The van der Waals surface area contributed by atoms with E-state index in [0.29, 0.717) is 15.6 Å². The quantitative estimate of drug-likeness (QED) is 0.620. The molecule has 0 saturated carbocycles. The summed E-state index contributed by atoms with van der Waals surface area (Å²) in [6, 6.07) is 13.2. The van der Waals surface area contributed by atoms with Crippen LogP contribution in [0.3, 0.4) is 0 Å². The van der Waals surface area contributed by atoms with Crippen molar-refractivity contribution in [1.82, 2.24) is 9.19 Å². The molecule has 0 unspecified atom stereocenters. The maximum Gasteiger partial charge on any atom is 0.345 e. The number of carbonyl (C=O) groups excluding carboxylic acids is 1. The molecule has 1 aromatic heterocycles. The highest BCUT2D eigenvalue weighted by Gasteiger charge is 2.23. The number of hydrogen-bond donors (Lipinski definition) is 1. The third-order valence-corrected chi connectivity index (χ3v) is 5.38. The molecule has 0 atom stereocenters. The molecule has 2 aromatic carbocycles. The number of aromatic nitrogens is 2. The van der Waals surface area contributed by atoms with Crippen LogP contribution in [0.2, 0.25) is 0 Å². The van der Waals surface area contributed by atoms with E-state index in [9.17, 15) is 13.2 Å². The Balaban J connectivity index is 1.86. The van der Waals surface area contributed by atoms with Crippen LogP contribution in [0.1, 0.15) is 10.4 Å². The first kappa shape index (κ1) is 19.2. The van der Waals surface area contributed by atoms with Gasteiger partial charge in [-0.1, -0.05) is 6.07 Å². The molecule has 0 amide bonds. The Morgan fingerprint density at radius 2 is 1.68 bits per heavy atom. The zero-order valence-corrected chi connectivity index (χ0v) is 15.8. The van der Waals surface area contributed by atoms with Crippen LogP contribution in [0.15, 0.2) is 59.5 Å². The average molecular weight is 403 g/mol. The summed E-state index contributed by atoms with van der Waals surface area (Å²) in [5, 5.41) is 3.81. The number of ether oxygens (including phenoxy) is 3. The van der Waals surface area contributed by atoms with Gasteiger partial charge in [-0.2, -0.15) is 8.42 Å². The summed E-state index contributed by atoms with van der Waals surface area (Å²) < 4.78 is 41.3. The second-order valence-electron chi connectivity index (χ2n) is 5.55. The summed E-state index contributed by atoms with van der Waals surface area (Å²) in [4.78, 5) is 12.2. The Morgan fingerprint density at radius 3 is 2.32 bits per heavy atom. The van der Waals surface area contributed by atoms with E-state index in [1.165, 1.54) is 50.6 Å². The number of hydrogen-bond acceptors (Lipinski definition) is 8. The van der Waals surface area contributed by atoms with Crippen molar-refractivity contribution < 1.29 is 27.4 Å². The van der Waals surface area contributed by atoms with Gasteiger partial charge in [-0.15, -0.1) is 9.19 Å². The van der Waals surface area contributed by atoms with Gasteiger partial charge in [0.25, 0.3) is 10.0 Å². The number of rotatable bonds is 6. The molecule has 0 fully saturated rings. The molecular weight excluding hydrogens is 386 g/mol. The molecule has 2 N–H and O–H groups in total. The van der Waals surface area contributed by atoms with Crippen molar-refractivity contribution in [3.05, 3.63) is 60.2 Å². The molecule has 0 bridgehead atoms. The zero-order chi connectivity index (χ0) is 20.3. The van der Waals surface area contributed by atoms with Gasteiger partial charge in [-0.25, -0.2) is 4.79 Å². The Morgan fingerprint density at radius 1 is 1.00 bits per heavy atom. The minimum atomic E-state index is -4.07. The highest BCUT2D eigenvalue weighted by Crippen LogP contribution is 2.23. The third-order valence-electron chi connectivity index (χ3n) is 3.77. The predicted octanol–water partition coefficient (Wildman–Crippen LogP) is 1.94. The largest absolute Gasteiger partial charge is 0.497 e. The molecule has 0 aliphatic carbocycles. The number of nitrogen functional groups attached to an aromatic ring is 1. The fourth-order valence-electron chi connectivity index (χ4n) is 2.35. The van der Waals surface area contributed by atoms with E-state index >= 15 is 0 Å². The standard InChI is InChI=1S/C18H17N3O6S/c1-25-13-6-8-15(9-7-13)28(23,24)21-16(19)11-17(20-21)27-18(22)12-4-3-5-14(10-12)26-2/h3-11H,19H2,1-2H3. The van der Waals surface area contributed by atoms with Crippen molar-refractivity contribution in [3.8, 4) is 17.4 Å². The molecule has 0 aliphatic heterocycles. The summed E-state index contributed by atoms with van der Waals surface area (Å²) >= 11 is 0. The molecule has 9 nitrogen and oxygen atoms in total. The maximum atomic E-state index is 12.7. The van der Waals surface area contributed by atoms with Crippen LogP contribution in [0.4, 0.5) is 5.82 Å². The molecule has 0 spiro atoms. The number of methoxy groups -OCH3 is 2. The van der Waals surface area contributed by atoms with Crippen molar-refractivity contribution >= 4 is 21.8 Å². The van der Waals surface area contributed by atoms with Gasteiger partial charge < -0.3 is 19.9 Å². The molecule has 28 heavy (non-hydrogen) atoms. The fraction of sp³-hybridized carbons (Fsp3) is 0.111. The van der Waals surface area contributed by atoms with E-state index in [1.54, 1.807) is 12.1 Å². The highest BCUT2D eigenvalue weighted by molar-refractivity contribution is 7.90. The van der Waals surface area contributed by atoms with E-state index < -0.39 is 16.0 Å². The van der Waals surface area contributed by atoms with Crippen LogP contribution in [0, 0.1) is 0 Å². The van der Waals surface area contributed by atoms with Crippen LogP contribution >= 0.6 is 0 Å². The first-order valence-corrected chi connectivity index (χ1v) is 9.40. The number of benzene rings is 2. The van der Waals surface area contributed by atoms with Crippen molar-refractivity contribution in [3.63, 3.8) is 0 Å². The van der Waals surface area contributed by atoms with Gasteiger partial charge >= 0.3 is 5.97 Å². The summed E-state index contributed by atoms with van der Waals surface area (Å²) in [6.07, 6.45) is 0. The summed E-state index contributed by atoms with van der Waals surface area (Å²) in [5.41, 5.74) is 5.98. The fourth-order valence-corrected chi connectivity index (χ4v) is 3.55. The molecular formula is C18H17N3O6S. The van der Waals surface area contributed by atoms with Gasteiger partial charge in [-0.3, -0.25) is 0 Å².